The van der Waals surface area contributed by atoms with Crippen molar-refractivity contribution in [3.05, 3.63) is 0 Å². The van der Waals surface area contributed by atoms with Crippen LogP contribution < -0.4 is 16.0 Å². The number of carbonyl (C=O) groups is 3. The fourth-order valence-corrected chi connectivity index (χ4v) is 9.79. The third-order valence-electron chi connectivity index (χ3n) is 12.3. The number of ether oxygens (including phenoxy) is 1. The van der Waals surface area contributed by atoms with Gasteiger partial charge < -0.3 is 20.7 Å². The Balaban J connectivity index is 1.41. The van der Waals surface area contributed by atoms with E-state index in [1.54, 1.807) is 0 Å². The van der Waals surface area contributed by atoms with Gasteiger partial charge in [0.25, 0.3) is 0 Å². The highest BCUT2D eigenvalue weighted by Crippen LogP contribution is 2.36. The number of amides is 3. The normalized spacial score (nSPS) is 33.7. The Kier molecular flexibility index (Phi) is 14.7. The fraction of sp³-hybridized carbons (Fsp3) is 0.923. The van der Waals surface area contributed by atoms with Gasteiger partial charge in [0.05, 0.1) is 18.2 Å². The first-order valence-corrected chi connectivity index (χ1v) is 20.2. The molecule has 5 aliphatic rings. The van der Waals surface area contributed by atoms with Crippen LogP contribution in [0.1, 0.15) is 162 Å². The molecule has 1 saturated heterocycles. The highest BCUT2D eigenvalue weighted by atomic mass is 16.5. The van der Waals surface area contributed by atoms with Gasteiger partial charge in [-0.25, -0.2) is 0 Å². The number of hydrogen-bond donors (Lipinski definition) is 3. The Morgan fingerprint density at radius 1 is 0.702 bits per heavy atom. The molecule has 268 valence electrons. The Morgan fingerprint density at radius 2 is 1.32 bits per heavy atom. The number of fused-ring (bicyclic) bond motifs is 4. The second kappa shape index (κ2) is 18.9. The van der Waals surface area contributed by atoms with E-state index in [1.807, 2.05) is 0 Å². The van der Waals surface area contributed by atoms with Crippen LogP contribution >= 0.6 is 0 Å². The van der Waals surface area contributed by atoms with E-state index in [-0.39, 0.29) is 42.0 Å². The van der Waals surface area contributed by atoms with E-state index >= 15 is 0 Å². The average molecular weight is 657 g/mol. The maximum atomic E-state index is 14.4. The summed E-state index contributed by atoms with van der Waals surface area (Å²) >= 11 is 0. The first kappa shape index (κ1) is 36.6. The lowest BCUT2D eigenvalue weighted by atomic mass is 9.80. The molecule has 4 bridgehead atoms. The monoisotopic (exact) mass is 657 g/mol. The Bertz CT molecular complexity index is 974. The van der Waals surface area contributed by atoms with Crippen molar-refractivity contribution in [2.75, 3.05) is 13.1 Å². The van der Waals surface area contributed by atoms with Crippen molar-refractivity contribution < 1.29 is 19.1 Å². The highest BCUT2D eigenvalue weighted by molar-refractivity contribution is 5.93. The van der Waals surface area contributed by atoms with E-state index in [1.165, 1.54) is 32.1 Å². The van der Waals surface area contributed by atoms with Crippen LogP contribution in [0.2, 0.25) is 0 Å². The summed E-state index contributed by atoms with van der Waals surface area (Å²) in [5.41, 5.74) is 0. The molecule has 0 aromatic rings. The SMILES string of the molecule is CCCN(CCC)[C@H]1CC2CCCC(C2)OC2CCCC(C2)C[C@@H](C(=O)NC2CCCC2)NC(=O)[C@H](CCC2CCCCC2)NC1=O. The molecule has 3 amide bonds. The summed E-state index contributed by atoms with van der Waals surface area (Å²) in [6.07, 6.45) is 24.7. The van der Waals surface area contributed by atoms with Gasteiger partial charge in [0.2, 0.25) is 17.7 Å². The fourth-order valence-electron chi connectivity index (χ4n) is 9.79. The van der Waals surface area contributed by atoms with Crippen LogP contribution in [-0.2, 0) is 19.1 Å². The number of rotatable bonds is 10. The third-order valence-corrected chi connectivity index (χ3v) is 12.3. The summed E-state index contributed by atoms with van der Waals surface area (Å²) < 4.78 is 6.84. The Morgan fingerprint density at radius 3 is 1.96 bits per heavy atom. The van der Waals surface area contributed by atoms with Crippen LogP contribution in [0.5, 0.6) is 0 Å². The van der Waals surface area contributed by atoms with Gasteiger partial charge in [-0.1, -0.05) is 84.5 Å². The molecule has 4 saturated carbocycles. The van der Waals surface area contributed by atoms with Crippen molar-refractivity contribution in [1.82, 2.24) is 20.9 Å². The predicted octanol–water partition coefficient (Wildman–Crippen LogP) is 6.79. The van der Waals surface area contributed by atoms with Crippen LogP contribution in [0.3, 0.4) is 0 Å². The third kappa shape index (κ3) is 11.2. The van der Waals surface area contributed by atoms with Gasteiger partial charge >= 0.3 is 0 Å². The second-order valence-corrected chi connectivity index (χ2v) is 16.2. The van der Waals surface area contributed by atoms with Gasteiger partial charge in [0.1, 0.15) is 12.1 Å². The van der Waals surface area contributed by atoms with Crippen LogP contribution in [0, 0.1) is 17.8 Å². The van der Waals surface area contributed by atoms with Crippen molar-refractivity contribution in [1.29, 1.82) is 0 Å². The zero-order chi connectivity index (χ0) is 33.0. The van der Waals surface area contributed by atoms with E-state index in [0.29, 0.717) is 30.6 Å². The molecule has 4 unspecified atom stereocenters. The molecule has 8 nitrogen and oxygen atoms in total. The first-order chi connectivity index (χ1) is 22.9. The summed E-state index contributed by atoms with van der Waals surface area (Å²) in [4.78, 5) is 45.0. The predicted molar refractivity (Wildman–Crippen MR) is 188 cm³/mol. The van der Waals surface area contributed by atoms with Crippen molar-refractivity contribution in [2.45, 2.75) is 198 Å². The summed E-state index contributed by atoms with van der Waals surface area (Å²) in [6.45, 7) is 6.14. The molecule has 1 aliphatic heterocycles. The van der Waals surface area contributed by atoms with Gasteiger partial charge in [0, 0.05) is 6.04 Å². The first-order valence-electron chi connectivity index (χ1n) is 20.2. The van der Waals surface area contributed by atoms with Gasteiger partial charge in [-0.3, -0.25) is 19.3 Å². The molecule has 0 aromatic carbocycles. The van der Waals surface area contributed by atoms with Gasteiger partial charge in [-0.15, -0.1) is 0 Å². The number of nitrogens with one attached hydrogen (secondary N) is 3. The van der Waals surface area contributed by atoms with Crippen molar-refractivity contribution in [3.63, 3.8) is 0 Å². The van der Waals surface area contributed by atoms with E-state index < -0.39 is 12.1 Å². The molecule has 0 spiro atoms. The highest BCUT2D eigenvalue weighted by Gasteiger charge is 2.37. The number of carbonyl (C=O) groups excluding carboxylic acids is 3. The summed E-state index contributed by atoms with van der Waals surface area (Å²) in [5.74, 6) is 1.18. The molecule has 4 aliphatic carbocycles. The van der Waals surface area contributed by atoms with E-state index in [0.717, 1.165) is 116 Å². The molecule has 1 heterocycles. The van der Waals surface area contributed by atoms with Gasteiger partial charge in [-0.05, 0) is 108 Å². The van der Waals surface area contributed by atoms with E-state index in [4.69, 9.17) is 4.74 Å². The lowest BCUT2D eigenvalue weighted by Crippen LogP contribution is -2.58. The molecule has 47 heavy (non-hydrogen) atoms. The van der Waals surface area contributed by atoms with Crippen LogP contribution in [0.15, 0.2) is 0 Å². The minimum atomic E-state index is -0.617. The van der Waals surface area contributed by atoms with Gasteiger partial charge in [0.15, 0.2) is 0 Å². The van der Waals surface area contributed by atoms with E-state index in [9.17, 15) is 14.4 Å². The Hall–Kier alpha value is -1.67. The maximum Gasteiger partial charge on any atom is 0.243 e. The molecule has 3 N–H and O–H groups in total. The molecular formula is C39H68N4O4. The summed E-state index contributed by atoms with van der Waals surface area (Å²) in [5, 5.41) is 9.88. The molecule has 5 rings (SSSR count). The van der Waals surface area contributed by atoms with E-state index in [2.05, 4.69) is 34.7 Å². The zero-order valence-electron chi connectivity index (χ0n) is 30.0. The Labute approximate surface area is 286 Å². The molecule has 7 atom stereocenters. The lowest BCUT2D eigenvalue weighted by molar-refractivity contribution is -0.135. The second-order valence-electron chi connectivity index (χ2n) is 16.2. The zero-order valence-corrected chi connectivity index (χ0v) is 30.0. The molecular weight excluding hydrogens is 588 g/mol. The summed E-state index contributed by atoms with van der Waals surface area (Å²) in [7, 11) is 0. The summed E-state index contributed by atoms with van der Waals surface area (Å²) in [6, 6.07) is -1.25. The standard InChI is InChI=1S/C39H68N4O4/c1-3-22-43(23-4-2)36-27-30-15-11-19-33(25-30)47-32-18-10-14-29(24-32)26-35(38(45)40-31-16-8-9-17-31)42-37(44)34(41-39(36)46)21-20-28-12-6-5-7-13-28/h28-36H,3-27H2,1-2H3,(H,40,45)(H,41,46)(H,42,44)/t29?,30?,32?,33?,34-,35-,36-/m0/s1. The molecule has 0 radical (unpaired) electrons. The quantitative estimate of drug-likeness (QED) is 0.240. The van der Waals surface area contributed by atoms with Crippen molar-refractivity contribution in [3.8, 4) is 0 Å². The molecule has 0 aromatic heterocycles. The molecule has 5 fully saturated rings. The van der Waals surface area contributed by atoms with Crippen molar-refractivity contribution in [2.24, 2.45) is 17.8 Å². The molecule has 8 heteroatoms. The van der Waals surface area contributed by atoms with Crippen LogP contribution in [-0.4, -0.2) is 72.1 Å². The van der Waals surface area contributed by atoms with Crippen LogP contribution in [0.25, 0.3) is 0 Å². The minimum absolute atomic E-state index is 0.00495. The lowest BCUT2D eigenvalue weighted by Gasteiger charge is -2.39. The smallest absolute Gasteiger partial charge is 0.243 e. The average Bonchev–Trinajstić information content (AvgIpc) is 3.58. The minimum Gasteiger partial charge on any atom is -0.375 e. The van der Waals surface area contributed by atoms with Gasteiger partial charge in [-0.2, -0.15) is 0 Å². The van der Waals surface area contributed by atoms with Crippen molar-refractivity contribution >= 4 is 17.7 Å². The topological polar surface area (TPSA) is 99.8 Å². The maximum absolute atomic E-state index is 14.4. The number of nitrogens with zero attached hydrogens (tertiary/aromatic N) is 1. The largest absolute Gasteiger partial charge is 0.375 e. The number of hydrogen-bond acceptors (Lipinski definition) is 5. The van der Waals surface area contributed by atoms with Crippen LogP contribution in [0.4, 0.5) is 0 Å².